The van der Waals surface area contributed by atoms with E-state index in [4.69, 9.17) is 0 Å². The monoisotopic (exact) mass is 359 g/mol. The Balaban J connectivity index is 1.67. The van der Waals surface area contributed by atoms with Gasteiger partial charge >= 0.3 is 5.97 Å². The Labute approximate surface area is 148 Å². The number of anilines is 2. The molecule has 1 saturated heterocycles. The zero-order chi connectivity index (χ0) is 17.8. The van der Waals surface area contributed by atoms with E-state index in [1.54, 1.807) is 29.2 Å². The summed E-state index contributed by atoms with van der Waals surface area (Å²) in [6.45, 7) is 0.708. The molecule has 1 aromatic heterocycles. The molecule has 0 bridgehead atoms. The number of benzene rings is 1. The number of thiazole rings is 1. The summed E-state index contributed by atoms with van der Waals surface area (Å²) in [5.74, 6) is -0.711. The molecule has 3 rings (SSSR count). The summed E-state index contributed by atoms with van der Waals surface area (Å²) in [5, 5.41) is 2.97. The molecule has 1 fully saturated rings. The molecular weight excluding hydrogens is 342 g/mol. The number of hydrogen-bond acceptors (Lipinski definition) is 6. The number of nitrogens with zero attached hydrogens (tertiary/aromatic N) is 2. The number of hydrogen-bond donors (Lipinski definition) is 1. The minimum Gasteiger partial charge on any atom is -0.465 e. The summed E-state index contributed by atoms with van der Waals surface area (Å²) in [7, 11) is 1.29. The maximum Gasteiger partial charge on any atom is 0.349 e. The van der Waals surface area contributed by atoms with Gasteiger partial charge in [0.25, 0.3) is 5.91 Å². The molecule has 0 radical (unpaired) electrons. The van der Waals surface area contributed by atoms with Crippen LogP contribution >= 0.6 is 11.3 Å². The van der Waals surface area contributed by atoms with E-state index in [1.165, 1.54) is 13.3 Å². The summed E-state index contributed by atoms with van der Waals surface area (Å²) >= 11 is 1.04. The normalized spacial score (nSPS) is 14.3. The summed E-state index contributed by atoms with van der Waals surface area (Å²) in [4.78, 5) is 41.7. The molecule has 2 amide bonds. The number of rotatable bonds is 4. The first-order chi connectivity index (χ1) is 12.1. The SMILES string of the molecule is COC(=O)c1cnc(NC(=O)c2ccc(N3CCCCC3=O)cc2)s1. The quantitative estimate of drug-likeness (QED) is 0.848. The van der Waals surface area contributed by atoms with E-state index in [0.717, 1.165) is 29.9 Å². The third kappa shape index (κ3) is 3.85. The van der Waals surface area contributed by atoms with Crippen molar-refractivity contribution < 1.29 is 19.1 Å². The summed E-state index contributed by atoms with van der Waals surface area (Å²) in [5.41, 5.74) is 1.24. The average molecular weight is 359 g/mol. The lowest BCUT2D eigenvalue weighted by Gasteiger charge is -2.26. The van der Waals surface area contributed by atoms with Crippen molar-refractivity contribution in [2.45, 2.75) is 19.3 Å². The van der Waals surface area contributed by atoms with Crippen LogP contribution in [0.5, 0.6) is 0 Å². The van der Waals surface area contributed by atoms with E-state index < -0.39 is 5.97 Å². The Hall–Kier alpha value is -2.74. The van der Waals surface area contributed by atoms with Crippen LogP contribution in [0.2, 0.25) is 0 Å². The van der Waals surface area contributed by atoms with E-state index in [-0.39, 0.29) is 11.8 Å². The molecular formula is C17H17N3O4S. The molecule has 0 spiro atoms. The molecule has 1 aliphatic rings. The molecule has 7 nitrogen and oxygen atoms in total. The number of methoxy groups -OCH3 is 1. The highest BCUT2D eigenvalue weighted by Gasteiger charge is 2.20. The fourth-order valence-corrected chi connectivity index (χ4v) is 3.30. The molecule has 0 atom stereocenters. The Morgan fingerprint density at radius 3 is 2.68 bits per heavy atom. The van der Waals surface area contributed by atoms with Crippen molar-refractivity contribution in [2.75, 3.05) is 23.9 Å². The second-order valence-corrected chi connectivity index (χ2v) is 6.56. The van der Waals surface area contributed by atoms with Crippen LogP contribution in [0.15, 0.2) is 30.5 Å². The topological polar surface area (TPSA) is 88.6 Å². The molecule has 1 aromatic carbocycles. The fourth-order valence-electron chi connectivity index (χ4n) is 2.57. The van der Waals surface area contributed by atoms with Crippen molar-refractivity contribution in [3.05, 3.63) is 40.9 Å². The first-order valence-electron chi connectivity index (χ1n) is 7.84. The molecule has 0 unspecified atom stereocenters. The molecule has 1 aliphatic heterocycles. The molecule has 25 heavy (non-hydrogen) atoms. The van der Waals surface area contributed by atoms with Crippen LogP contribution in [-0.4, -0.2) is 36.4 Å². The van der Waals surface area contributed by atoms with Gasteiger partial charge < -0.3 is 9.64 Å². The van der Waals surface area contributed by atoms with Crippen molar-refractivity contribution >= 4 is 39.9 Å². The number of ether oxygens (including phenoxy) is 1. The van der Waals surface area contributed by atoms with E-state index in [9.17, 15) is 14.4 Å². The Bertz CT molecular complexity index is 800. The van der Waals surface area contributed by atoms with Gasteiger partial charge in [-0.05, 0) is 37.1 Å². The van der Waals surface area contributed by atoms with Gasteiger partial charge in [0.2, 0.25) is 5.91 Å². The van der Waals surface area contributed by atoms with Crippen LogP contribution in [0, 0.1) is 0 Å². The van der Waals surface area contributed by atoms with Gasteiger partial charge in [-0.2, -0.15) is 0 Å². The summed E-state index contributed by atoms with van der Waals surface area (Å²) < 4.78 is 4.61. The van der Waals surface area contributed by atoms with E-state index >= 15 is 0 Å². The highest BCUT2D eigenvalue weighted by Crippen LogP contribution is 2.23. The van der Waals surface area contributed by atoms with Crippen molar-refractivity contribution in [1.29, 1.82) is 0 Å². The average Bonchev–Trinajstić information content (AvgIpc) is 3.10. The zero-order valence-corrected chi connectivity index (χ0v) is 14.5. The van der Waals surface area contributed by atoms with E-state index in [1.807, 2.05) is 0 Å². The van der Waals surface area contributed by atoms with Crippen molar-refractivity contribution in [3.8, 4) is 0 Å². The number of amides is 2. The minimum absolute atomic E-state index is 0.113. The standard InChI is InChI=1S/C17H17N3O4S/c1-24-16(23)13-10-18-17(25-13)19-15(22)11-5-7-12(8-6-11)20-9-3-2-4-14(20)21/h5-8,10H,2-4,9H2,1H3,(H,18,19,22). The molecule has 0 saturated carbocycles. The predicted octanol–water partition coefficient (Wildman–Crippen LogP) is 2.70. The van der Waals surface area contributed by atoms with Crippen LogP contribution in [0.4, 0.5) is 10.8 Å². The lowest BCUT2D eigenvalue weighted by Crippen LogP contribution is -2.35. The highest BCUT2D eigenvalue weighted by molar-refractivity contribution is 7.17. The van der Waals surface area contributed by atoms with Gasteiger partial charge in [0.15, 0.2) is 5.13 Å². The van der Waals surface area contributed by atoms with Crippen LogP contribution in [0.1, 0.15) is 39.3 Å². The van der Waals surface area contributed by atoms with Gasteiger partial charge in [-0.1, -0.05) is 11.3 Å². The van der Waals surface area contributed by atoms with Gasteiger partial charge in [0.1, 0.15) is 4.88 Å². The largest absolute Gasteiger partial charge is 0.465 e. The van der Waals surface area contributed by atoms with Crippen molar-refractivity contribution in [3.63, 3.8) is 0 Å². The number of esters is 1. The van der Waals surface area contributed by atoms with E-state index in [2.05, 4.69) is 15.0 Å². The lowest BCUT2D eigenvalue weighted by atomic mass is 10.1. The smallest absolute Gasteiger partial charge is 0.349 e. The maximum atomic E-state index is 12.3. The van der Waals surface area contributed by atoms with Gasteiger partial charge in [0, 0.05) is 24.2 Å². The lowest BCUT2D eigenvalue weighted by molar-refractivity contribution is -0.119. The number of piperidine rings is 1. The number of aromatic nitrogens is 1. The summed E-state index contributed by atoms with van der Waals surface area (Å²) in [6, 6.07) is 6.86. The van der Waals surface area contributed by atoms with Gasteiger partial charge in [-0.25, -0.2) is 9.78 Å². The van der Waals surface area contributed by atoms with Crippen LogP contribution in [-0.2, 0) is 9.53 Å². The molecule has 2 heterocycles. The maximum absolute atomic E-state index is 12.3. The van der Waals surface area contributed by atoms with Crippen LogP contribution < -0.4 is 10.2 Å². The Morgan fingerprint density at radius 2 is 2.00 bits per heavy atom. The first-order valence-corrected chi connectivity index (χ1v) is 8.66. The predicted molar refractivity (Wildman–Crippen MR) is 94.1 cm³/mol. The van der Waals surface area contributed by atoms with Crippen molar-refractivity contribution in [1.82, 2.24) is 4.98 Å². The second-order valence-electron chi connectivity index (χ2n) is 5.52. The number of nitrogens with one attached hydrogen (secondary N) is 1. The Kier molecular flexibility index (Phi) is 5.08. The third-order valence-electron chi connectivity index (χ3n) is 3.88. The molecule has 2 aromatic rings. The summed E-state index contributed by atoms with van der Waals surface area (Å²) in [6.07, 6.45) is 3.84. The number of carbonyl (C=O) groups is 3. The number of carbonyl (C=O) groups excluding carboxylic acids is 3. The Morgan fingerprint density at radius 1 is 1.24 bits per heavy atom. The molecule has 0 aliphatic carbocycles. The second kappa shape index (κ2) is 7.43. The van der Waals surface area contributed by atoms with Gasteiger partial charge in [-0.15, -0.1) is 0 Å². The van der Waals surface area contributed by atoms with Crippen LogP contribution in [0.3, 0.4) is 0 Å². The molecule has 130 valence electrons. The first kappa shape index (κ1) is 17.1. The van der Waals surface area contributed by atoms with E-state index in [0.29, 0.717) is 28.5 Å². The highest BCUT2D eigenvalue weighted by atomic mass is 32.1. The van der Waals surface area contributed by atoms with Crippen molar-refractivity contribution in [2.24, 2.45) is 0 Å². The molecule has 1 N–H and O–H groups in total. The van der Waals surface area contributed by atoms with Gasteiger partial charge in [-0.3, -0.25) is 14.9 Å². The van der Waals surface area contributed by atoms with Crippen LogP contribution in [0.25, 0.3) is 0 Å². The third-order valence-corrected chi connectivity index (χ3v) is 4.77. The minimum atomic E-state index is -0.492. The fraction of sp³-hybridized carbons (Fsp3) is 0.294. The zero-order valence-electron chi connectivity index (χ0n) is 13.7. The van der Waals surface area contributed by atoms with Gasteiger partial charge in [0.05, 0.1) is 13.3 Å². The molecule has 8 heteroatoms.